The molecule has 1 aromatic rings. The smallest absolute Gasteiger partial charge is 0.0227 e. The molecule has 2 atom stereocenters. The van der Waals surface area contributed by atoms with Crippen LogP contribution in [0.3, 0.4) is 0 Å². The average Bonchev–Trinajstić information content (AvgIpc) is 2.81. The van der Waals surface area contributed by atoms with E-state index in [9.17, 15) is 0 Å². The number of aryl methyl sites for hydroxylation is 1. The molecule has 1 nitrogen and oxygen atoms in total. The molecular formula is C13H19N. The highest BCUT2D eigenvalue weighted by Gasteiger charge is 2.49. The van der Waals surface area contributed by atoms with E-state index in [1.165, 1.54) is 24.0 Å². The maximum atomic E-state index is 6.30. The van der Waals surface area contributed by atoms with Crippen LogP contribution < -0.4 is 5.73 Å². The van der Waals surface area contributed by atoms with Crippen molar-refractivity contribution in [1.82, 2.24) is 0 Å². The lowest BCUT2D eigenvalue weighted by molar-refractivity contribution is 0.578. The molecule has 1 aliphatic rings. The summed E-state index contributed by atoms with van der Waals surface area (Å²) < 4.78 is 0. The number of rotatable bonds is 3. The van der Waals surface area contributed by atoms with Crippen molar-refractivity contribution in [3.63, 3.8) is 0 Å². The SMILES string of the molecule is CCC1CC1(N)Cc1ccccc1C. The first-order valence-corrected chi connectivity index (χ1v) is 5.49. The van der Waals surface area contributed by atoms with Crippen molar-refractivity contribution in [2.24, 2.45) is 11.7 Å². The van der Waals surface area contributed by atoms with Gasteiger partial charge in [-0.05, 0) is 36.8 Å². The van der Waals surface area contributed by atoms with Crippen molar-refractivity contribution in [2.75, 3.05) is 0 Å². The Balaban J connectivity index is 2.09. The van der Waals surface area contributed by atoms with E-state index in [2.05, 4.69) is 38.1 Å². The highest BCUT2D eigenvalue weighted by molar-refractivity contribution is 5.29. The lowest BCUT2D eigenvalue weighted by atomic mass is 9.98. The summed E-state index contributed by atoms with van der Waals surface area (Å²) in [5.41, 5.74) is 9.21. The topological polar surface area (TPSA) is 26.0 Å². The van der Waals surface area contributed by atoms with Gasteiger partial charge in [0.15, 0.2) is 0 Å². The van der Waals surface area contributed by atoms with Crippen LogP contribution in [0.5, 0.6) is 0 Å². The molecule has 1 saturated carbocycles. The van der Waals surface area contributed by atoms with Gasteiger partial charge >= 0.3 is 0 Å². The standard InChI is InChI=1S/C13H19N/c1-3-12-9-13(12,14)8-11-7-5-4-6-10(11)2/h4-7,12H,3,8-9,14H2,1-2H3. The fourth-order valence-electron chi connectivity index (χ4n) is 2.33. The van der Waals surface area contributed by atoms with E-state index < -0.39 is 0 Å². The summed E-state index contributed by atoms with van der Waals surface area (Å²) in [6.07, 6.45) is 3.48. The largest absolute Gasteiger partial charge is 0.325 e. The first kappa shape index (κ1) is 9.72. The zero-order chi connectivity index (χ0) is 10.2. The lowest BCUT2D eigenvalue weighted by Crippen LogP contribution is -2.28. The number of nitrogens with two attached hydrogens (primary N) is 1. The minimum Gasteiger partial charge on any atom is -0.325 e. The normalized spacial score (nSPS) is 30.4. The Hall–Kier alpha value is -0.820. The summed E-state index contributed by atoms with van der Waals surface area (Å²) in [5, 5.41) is 0. The molecular weight excluding hydrogens is 170 g/mol. The van der Waals surface area contributed by atoms with Crippen molar-refractivity contribution < 1.29 is 0 Å². The summed E-state index contributed by atoms with van der Waals surface area (Å²) >= 11 is 0. The van der Waals surface area contributed by atoms with Gasteiger partial charge in [0.25, 0.3) is 0 Å². The Kier molecular flexibility index (Phi) is 2.36. The van der Waals surface area contributed by atoms with Crippen LogP contribution in [-0.2, 0) is 6.42 Å². The Morgan fingerprint density at radius 2 is 2.14 bits per heavy atom. The minimum atomic E-state index is 0.112. The molecule has 0 heterocycles. The monoisotopic (exact) mass is 189 g/mol. The van der Waals surface area contributed by atoms with Gasteiger partial charge in [-0.3, -0.25) is 0 Å². The maximum absolute atomic E-state index is 6.30. The molecule has 1 fully saturated rings. The third kappa shape index (κ3) is 1.69. The summed E-state index contributed by atoms with van der Waals surface area (Å²) in [7, 11) is 0. The van der Waals surface area contributed by atoms with Crippen molar-refractivity contribution in [3.8, 4) is 0 Å². The summed E-state index contributed by atoms with van der Waals surface area (Å²) in [6, 6.07) is 8.57. The summed E-state index contributed by atoms with van der Waals surface area (Å²) in [6.45, 7) is 4.40. The van der Waals surface area contributed by atoms with Gasteiger partial charge in [-0.25, -0.2) is 0 Å². The van der Waals surface area contributed by atoms with Gasteiger partial charge in [0, 0.05) is 5.54 Å². The Labute approximate surface area is 86.3 Å². The van der Waals surface area contributed by atoms with Gasteiger partial charge in [-0.2, -0.15) is 0 Å². The minimum absolute atomic E-state index is 0.112. The van der Waals surface area contributed by atoms with Crippen molar-refractivity contribution in [2.45, 2.75) is 38.6 Å². The molecule has 2 N–H and O–H groups in total. The van der Waals surface area contributed by atoms with Crippen molar-refractivity contribution in [3.05, 3.63) is 35.4 Å². The molecule has 1 aliphatic carbocycles. The highest BCUT2D eigenvalue weighted by Crippen LogP contribution is 2.45. The van der Waals surface area contributed by atoms with Gasteiger partial charge in [0.2, 0.25) is 0 Å². The second-order valence-corrected chi connectivity index (χ2v) is 4.65. The molecule has 0 saturated heterocycles. The third-order valence-electron chi connectivity index (χ3n) is 3.55. The highest BCUT2D eigenvalue weighted by atomic mass is 14.9. The predicted octanol–water partition coefficient (Wildman–Crippen LogP) is 2.66. The van der Waals surface area contributed by atoms with Gasteiger partial charge in [0.05, 0.1) is 0 Å². The molecule has 0 amide bonds. The van der Waals surface area contributed by atoms with Crippen LogP contribution in [0, 0.1) is 12.8 Å². The van der Waals surface area contributed by atoms with E-state index in [1.54, 1.807) is 0 Å². The summed E-state index contributed by atoms with van der Waals surface area (Å²) in [4.78, 5) is 0. The van der Waals surface area contributed by atoms with Crippen molar-refractivity contribution in [1.29, 1.82) is 0 Å². The Morgan fingerprint density at radius 1 is 1.43 bits per heavy atom. The molecule has 76 valence electrons. The van der Waals surface area contributed by atoms with E-state index in [-0.39, 0.29) is 5.54 Å². The fraction of sp³-hybridized carbons (Fsp3) is 0.538. The van der Waals surface area contributed by atoms with Crippen LogP contribution >= 0.6 is 0 Å². The second-order valence-electron chi connectivity index (χ2n) is 4.65. The number of hydrogen-bond acceptors (Lipinski definition) is 1. The van der Waals surface area contributed by atoms with Gasteiger partial charge in [-0.1, -0.05) is 37.6 Å². The zero-order valence-electron chi connectivity index (χ0n) is 9.09. The maximum Gasteiger partial charge on any atom is 0.0227 e. The van der Waals surface area contributed by atoms with Crippen LogP contribution in [0.2, 0.25) is 0 Å². The summed E-state index contributed by atoms with van der Waals surface area (Å²) in [5.74, 6) is 0.752. The van der Waals surface area contributed by atoms with E-state index in [0.717, 1.165) is 12.3 Å². The quantitative estimate of drug-likeness (QED) is 0.777. The molecule has 2 unspecified atom stereocenters. The molecule has 0 aromatic heterocycles. The lowest BCUT2D eigenvalue weighted by Gasteiger charge is -2.12. The van der Waals surface area contributed by atoms with Crippen LogP contribution in [-0.4, -0.2) is 5.54 Å². The molecule has 1 aromatic carbocycles. The first-order chi connectivity index (χ1) is 6.65. The van der Waals surface area contributed by atoms with E-state index >= 15 is 0 Å². The van der Waals surface area contributed by atoms with Crippen molar-refractivity contribution >= 4 is 0 Å². The number of hydrogen-bond donors (Lipinski definition) is 1. The Bertz CT molecular complexity index is 332. The molecule has 0 radical (unpaired) electrons. The molecule has 2 rings (SSSR count). The number of benzene rings is 1. The molecule has 0 aliphatic heterocycles. The van der Waals surface area contributed by atoms with Gasteiger partial charge in [-0.15, -0.1) is 0 Å². The second kappa shape index (κ2) is 3.39. The van der Waals surface area contributed by atoms with Gasteiger partial charge < -0.3 is 5.73 Å². The zero-order valence-corrected chi connectivity index (χ0v) is 9.09. The fourth-order valence-corrected chi connectivity index (χ4v) is 2.33. The molecule has 0 spiro atoms. The molecule has 1 heteroatoms. The first-order valence-electron chi connectivity index (χ1n) is 5.49. The average molecular weight is 189 g/mol. The van der Waals surface area contributed by atoms with E-state index in [4.69, 9.17) is 5.73 Å². The van der Waals surface area contributed by atoms with Crippen LogP contribution in [0.1, 0.15) is 30.9 Å². The van der Waals surface area contributed by atoms with Gasteiger partial charge in [0.1, 0.15) is 0 Å². The molecule has 14 heavy (non-hydrogen) atoms. The van der Waals surface area contributed by atoms with E-state index in [1.807, 2.05) is 0 Å². The third-order valence-corrected chi connectivity index (χ3v) is 3.55. The molecule has 0 bridgehead atoms. The predicted molar refractivity (Wildman–Crippen MR) is 60.2 cm³/mol. The van der Waals surface area contributed by atoms with Crippen LogP contribution in [0.15, 0.2) is 24.3 Å². The van der Waals surface area contributed by atoms with E-state index in [0.29, 0.717) is 0 Å². The van der Waals surface area contributed by atoms with Crippen LogP contribution in [0.25, 0.3) is 0 Å². The Morgan fingerprint density at radius 3 is 2.71 bits per heavy atom. The van der Waals surface area contributed by atoms with Crippen LogP contribution in [0.4, 0.5) is 0 Å².